The highest BCUT2D eigenvalue weighted by Crippen LogP contribution is 2.14. The van der Waals surface area contributed by atoms with Crippen molar-refractivity contribution in [1.29, 1.82) is 0 Å². The van der Waals surface area contributed by atoms with Gasteiger partial charge in [-0.25, -0.2) is 10.2 Å². The number of carbonyl (C=O) groups is 2. The molecule has 0 aliphatic heterocycles. The summed E-state index contributed by atoms with van der Waals surface area (Å²) in [5, 5.41) is 3.88. The molecule has 0 spiro atoms. The second-order valence-electron chi connectivity index (χ2n) is 5.72. The van der Waals surface area contributed by atoms with Gasteiger partial charge in [0.2, 0.25) is 5.91 Å². The Labute approximate surface area is 141 Å². The fraction of sp³-hybridized carbons (Fsp3) is 0.211. The Balaban J connectivity index is 1.96. The van der Waals surface area contributed by atoms with Crippen LogP contribution in [-0.4, -0.2) is 18.1 Å². The molecule has 2 aromatic rings. The molecule has 0 bridgehead atoms. The number of hydrogen-bond acceptors (Lipinski definition) is 4. The van der Waals surface area contributed by atoms with Gasteiger partial charge in [-0.05, 0) is 48.9 Å². The van der Waals surface area contributed by atoms with E-state index in [0.29, 0.717) is 11.3 Å². The minimum atomic E-state index is -0.399. The summed E-state index contributed by atoms with van der Waals surface area (Å²) in [6, 6.07) is 14.1. The molecule has 0 fully saturated rings. The van der Waals surface area contributed by atoms with Crippen molar-refractivity contribution in [2.75, 3.05) is 0 Å². The molecule has 0 heterocycles. The van der Waals surface area contributed by atoms with Gasteiger partial charge in [0.05, 0.1) is 11.8 Å². The van der Waals surface area contributed by atoms with E-state index in [-0.39, 0.29) is 11.8 Å². The molecule has 0 saturated carbocycles. The van der Waals surface area contributed by atoms with Crippen LogP contribution in [0.2, 0.25) is 0 Å². The van der Waals surface area contributed by atoms with Crippen molar-refractivity contribution in [2.45, 2.75) is 20.8 Å². The quantitative estimate of drug-likeness (QED) is 0.397. The molecule has 2 aromatic carbocycles. The number of hydrogen-bond donors (Lipinski definition) is 1. The molecule has 1 N–H and O–H groups in total. The molecular weight excluding hydrogens is 304 g/mol. The van der Waals surface area contributed by atoms with Crippen LogP contribution >= 0.6 is 0 Å². The maximum atomic E-state index is 12.1. The van der Waals surface area contributed by atoms with Crippen LogP contribution in [0.15, 0.2) is 53.6 Å². The highest BCUT2D eigenvalue weighted by molar-refractivity contribution is 5.91. The van der Waals surface area contributed by atoms with Gasteiger partial charge in [0.25, 0.3) is 0 Å². The molecule has 5 heteroatoms. The van der Waals surface area contributed by atoms with Gasteiger partial charge in [-0.15, -0.1) is 0 Å². The van der Waals surface area contributed by atoms with E-state index < -0.39 is 5.97 Å². The molecule has 24 heavy (non-hydrogen) atoms. The molecule has 0 unspecified atom stereocenters. The number of aryl methyl sites for hydroxylation is 1. The number of rotatable bonds is 5. The zero-order valence-corrected chi connectivity index (χ0v) is 13.9. The number of hydrazone groups is 1. The Morgan fingerprint density at radius 1 is 1.12 bits per heavy atom. The molecule has 0 aliphatic carbocycles. The third-order valence-electron chi connectivity index (χ3n) is 3.26. The standard InChI is InChI=1S/C19H20N2O3/c1-13(2)18(22)21-20-12-15-7-9-17(10-8-15)24-19(23)16-6-4-5-14(3)11-16/h4-13H,1-3H3,(H,21,22). The molecule has 5 nitrogen and oxygen atoms in total. The van der Waals surface area contributed by atoms with E-state index in [1.807, 2.05) is 19.1 Å². The SMILES string of the molecule is Cc1cccc(C(=O)Oc2ccc(C=NNC(=O)C(C)C)cc2)c1. The first-order chi connectivity index (χ1) is 11.5. The van der Waals surface area contributed by atoms with Crippen LogP contribution in [0.25, 0.3) is 0 Å². The van der Waals surface area contributed by atoms with Gasteiger partial charge >= 0.3 is 5.97 Å². The summed E-state index contributed by atoms with van der Waals surface area (Å²) in [5.74, 6) is -0.213. The normalized spacial score (nSPS) is 10.8. The summed E-state index contributed by atoms with van der Waals surface area (Å²) in [6.07, 6.45) is 1.53. The van der Waals surface area contributed by atoms with E-state index >= 15 is 0 Å². The second-order valence-corrected chi connectivity index (χ2v) is 5.72. The number of esters is 1. The van der Waals surface area contributed by atoms with Crippen LogP contribution in [-0.2, 0) is 4.79 Å². The summed E-state index contributed by atoms with van der Waals surface area (Å²) in [7, 11) is 0. The Bertz CT molecular complexity index is 749. The van der Waals surface area contributed by atoms with Crippen LogP contribution in [0, 0.1) is 12.8 Å². The largest absolute Gasteiger partial charge is 0.423 e. The maximum Gasteiger partial charge on any atom is 0.343 e. The van der Waals surface area contributed by atoms with Crippen molar-refractivity contribution in [2.24, 2.45) is 11.0 Å². The highest BCUT2D eigenvalue weighted by atomic mass is 16.5. The average molecular weight is 324 g/mol. The Hall–Kier alpha value is -2.95. The first-order valence-corrected chi connectivity index (χ1v) is 7.67. The lowest BCUT2D eigenvalue weighted by atomic mass is 10.1. The molecule has 0 aliphatic rings. The van der Waals surface area contributed by atoms with Gasteiger partial charge < -0.3 is 4.74 Å². The lowest BCUT2D eigenvalue weighted by molar-refractivity contribution is -0.123. The average Bonchev–Trinajstić information content (AvgIpc) is 2.56. The predicted octanol–water partition coefficient (Wildman–Crippen LogP) is 3.32. The Morgan fingerprint density at radius 3 is 2.46 bits per heavy atom. The van der Waals surface area contributed by atoms with Gasteiger partial charge in [-0.2, -0.15) is 5.10 Å². The smallest absolute Gasteiger partial charge is 0.343 e. The van der Waals surface area contributed by atoms with Gasteiger partial charge in [-0.1, -0.05) is 31.5 Å². The first kappa shape index (κ1) is 17.4. The van der Waals surface area contributed by atoms with E-state index in [0.717, 1.165) is 11.1 Å². The van der Waals surface area contributed by atoms with Crippen molar-refractivity contribution >= 4 is 18.1 Å². The van der Waals surface area contributed by atoms with Gasteiger partial charge in [-0.3, -0.25) is 4.79 Å². The Morgan fingerprint density at radius 2 is 1.83 bits per heavy atom. The van der Waals surface area contributed by atoms with E-state index in [9.17, 15) is 9.59 Å². The summed E-state index contributed by atoms with van der Waals surface area (Å²) < 4.78 is 5.33. The van der Waals surface area contributed by atoms with Crippen molar-refractivity contribution < 1.29 is 14.3 Å². The van der Waals surface area contributed by atoms with Crippen molar-refractivity contribution in [3.63, 3.8) is 0 Å². The van der Waals surface area contributed by atoms with E-state index in [4.69, 9.17) is 4.74 Å². The van der Waals surface area contributed by atoms with Gasteiger partial charge in [0.15, 0.2) is 0 Å². The van der Waals surface area contributed by atoms with Crippen LogP contribution in [0.5, 0.6) is 5.75 Å². The second kappa shape index (κ2) is 8.06. The zero-order chi connectivity index (χ0) is 17.5. The minimum absolute atomic E-state index is 0.120. The monoisotopic (exact) mass is 324 g/mol. The van der Waals surface area contributed by atoms with E-state index in [1.54, 1.807) is 50.2 Å². The maximum absolute atomic E-state index is 12.1. The molecule has 1 amide bonds. The fourth-order valence-electron chi connectivity index (χ4n) is 1.86. The molecular formula is C19H20N2O3. The summed E-state index contributed by atoms with van der Waals surface area (Å²) in [5.41, 5.74) is 4.75. The van der Waals surface area contributed by atoms with Crippen molar-refractivity contribution in [1.82, 2.24) is 5.43 Å². The number of amides is 1. The Kier molecular flexibility index (Phi) is 5.84. The van der Waals surface area contributed by atoms with Crippen molar-refractivity contribution in [3.05, 3.63) is 65.2 Å². The van der Waals surface area contributed by atoms with Crippen LogP contribution in [0.4, 0.5) is 0 Å². The molecule has 0 aromatic heterocycles. The molecule has 0 atom stereocenters. The van der Waals surface area contributed by atoms with E-state index in [2.05, 4.69) is 10.5 Å². The summed E-state index contributed by atoms with van der Waals surface area (Å²) >= 11 is 0. The third-order valence-corrected chi connectivity index (χ3v) is 3.26. The summed E-state index contributed by atoms with van der Waals surface area (Å²) in [4.78, 5) is 23.5. The number of benzene rings is 2. The topological polar surface area (TPSA) is 67.8 Å². The van der Waals surface area contributed by atoms with Gasteiger partial charge in [0.1, 0.15) is 5.75 Å². The predicted molar refractivity (Wildman–Crippen MR) is 93.2 cm³/mol. The van der Waals surface area contributed by atoms with Crippen molar-refractivity contribution in [3.8, 4) is 5.75 Å². The molecule has 124 valence electrons. The lowest BCUT2D eigenvalue weighted by Crippen LogP contribution is -2.22. The van der Waals surface area contributed by atoms with Crippen LogP contribution < -0.4 is 10.2 Å². The lowest BCUT2D eigenvalue weighted by Gasteiger charge is -2.05. The molecule has 0 saturated heterocycles. The highest BCUT2D eigenvalue weighted by Gasteiger charge is 2.08. The van der Waals surface area contributed by atoms with Gasteiger partial charge in [0, 0.05) is 5.92 Å². The number of ether oxygens (including phenoxy) is 1. The van der Waals surface area contributed by atoms with Crippen LogP contribution in [0.1, 0.15) is 35.3 Å². The number of carbonyl (C=O) groups excluding carboxylic acids is 2. The third kappa shape index (κ3) is 5.05. The zero-order valence-electron chi connectivity index (χ0n) is 13.9. The number of nitrogens with one attached hydrogen (secondary N) is 1. The first-order valence-electron chi connectivity index (χ1n) is 7.67. The minimum Gasteiger partial charge on any atom is -0.423 e. The molecule has 0 radical (unpaired) electrons. The van der Waals surface area contributed by atoms with E-state index in [1.165, 1.54) is 6.21 Å². The summed E-state index contributed by atoms with van der Waals surface area (Å²) in [6.45, 7) is 5.51. The fourth-order valence-corrected chi connectivity index (χ4v) is 1.86. The molecule has 2 rings (SSSR count). The number of nitrogens with zero attached hydrogens (tertiary/aromatic N) is 1. The van der Waals surface area contributed by atoms with Crippen LogP contribution in [0.3, 0.4) is 0 Å².